The number of hydrogen-bond acceptors (Lipinski definition) is 3. The number of hydrogen-bond donors (Lipinski definition) is 0. The second kappa shape index (κ2) is 5.10. The molecule has 0 saturated heterocycles. The number of oxazole rings is 1. The van der Waals surface area contributed by atoms with Crippen LogP contribution >= 0.6 is 27.5 Å². The Morgan fingerprint density at radius 3 is 2.82 bits per heavy atom. The molecule has 1 atom stereocenters. The molecule has 1 aromatic heterocycles. The maximum absolute atomic E-state index is 5.91. The van der Waals surface area contributed by atoms with Gasteiger partial charge in [-0.1, -0.05) is 15.9 Å². The predicted molar refractivity (Wildman–Crippen MR) is 70.5 cm³/mol. The zero-order valence-electron chi connectivity index (χ0n) is 9.41. The van der Waals surface area contributed by atoms with Gasteiger partial charge in [0.1, 0.15) is 11.1 Å². The van der Waals surface area contributed by atoms with Crippen LogP contribution in [-0.2, 0) is 0 Å². The van der Waals surface area contributed by atoms with Crippen molar-refractivity contribution < 1.29 is 9.15 Å². The van der Waals surface area contributed by atoms with Gasteiger partial charge in [0.05, 0.1) is 13.3 Å². The maximum Gasteiger partial charge on any atom is 0.212 e. The van der Waals surface area contributed by atoms with E-state index in [1.807, 2.05) is 25.1 Å². The van der Waals surface area contributed by atoms with Gasteiger partial charge in [-0.25, -0.2) is 4.98 Å². The van der Waals surface area contributed by atoms with Crippen LogP contribution in [0.5, 0.6) is 5.75 Å². The van der Waals surface area contributed by atoms with E-state index >= 15 is 0 Å². The number of rotatable bonds is 3. The van der Waals surface area contributed by atoms with Crippen molar-refractivity contribution in [3.8, 4) is 17.1 Å². The van der Waals surface area contributed by atoms with Crippen molar-refractivity contribution >= 4 is 27.5 Å². The lowest BCUT2D eigenvalue weighted by atomic mass is 10.2. The van der Waals surface area contributed by atoms with Gasteiger partial charge < -0.3 is 9.15 Å². The lowest BCUT2D eigenvalue weighted by Crippen LogP contribution is -1.84. The highest BCUT2D eigenvalue weighted by atomic mass is 79.9. The Hall–Kier alpha value is -1.00. The van der Waals surface area contributed by atoms with E-state index in [0.717, 1.165) is 15.8 Å². The molecule has 0 bridgehead atoms. The Morgan fingerprint density at radius 2 is 2.24 bits per heavy atom. The summed E-state index contributed by atoms with van der Waals surface area (Å²) in [6, 6.07) is 5.66. The summed E-state index contributed by atoms with van der Waals surface area (Å²) in [6.45, 7) is 1.82. The monoisotopic (exact) mass is 315 g/mol. The van der Waals surface area contributed by atoms with Crippen LogP contribution in [0.2, 0.25) is 0 Å². The van der Waals surface area contributed by atoms with Crippen molar-refractivity contribution in [2.45, 2.75) is 12.3 Å². The zero-order valence-corrected chi connectivity index (χ0v) is 11.7. The molecular formula is C12H11BrClNO2. The topological polar surface area (TPSA) is 35.3 Å². The van der Waals surface area contributed by atoms with Gasteiger partial charge in [-0.05, 0) is 25.1 Å². The van der Waals surface area contributed by atoms with Gasteiger partial charge in [-0.15, -0.1) is 11.6 Å². The Labute approximate surface area is 113 Å². The van der Waals surface area contributed by atoms with Crippen LogP contribution in [-0.4, -0.2) is 12.1 Å². The van der Waals surface area contributed by atoms with Crippen LogP contribution in [0.1, 0.15) is 18.2 Å². The van der Waals surface area contributed by atoms with Crippen molar-refractivity contribution in [3.63, 3.8) is 0 Å². The fourth-order valence-corrected chi connectivity index (χ4v) is 1.96. The Bertz CT molecular complexity index is 525. The number of alkyl halides is 1. The van der Waals surface area contributed by atoms with Crippen LogP contribution in [0.15, 0.2) is 33.3 Å². The third-order valence-electron chi connectivity index (χ3n) is 2.30. The molecule has 0 radical (unpaired) electrons. The second-order valence-electron chi connectivity index (χ2n) is 3.52. The van der Waals surface area contributed by atoms with E-state index in [-0.39, 0.29) is 5.38 Å². The number of halogens is 2. The second-order valence-corrected chi connectivity index (χ2v) is 5.03. The Morgan fingerprint density at radius 1 is 1.47 bits per heavy atom. The van der Waals surface area contributed by atoms with E-state index in [1.54, 1.807) is 13.3 Å². The molecule has 1 aromatic carbocycles. The standard InChI is InChI=1S/C12H11BrClNO2/c1-7(14)12-15-6-11(17-12)9-5-8(16-2)3-4-10(9)13/h3-7H,1-2H3. The first-order chi connectivity index (χ1) is 8.11. The first-order valence-electron chi connectivity index (χ1n) is 5.05. The summed E-state index contributed by atoms with van der Waals surface area (Å²) in [4.78, 5) is 4.13. The molecule has 3 nitrogen and oxygen atoms in total. The predicted octanol–water partition coefficient (Wildman–Crippen LogP) is 4.41. The average molecular weight is 317 g/mol. The molecule has 17 heavy (non-hydrogen) atoms. The normalized spacial score (nSPS) is 12.5. The van der Waals surface area contributed by atoms with E-state index in [0.29, 0.717) is 11.7 Å². The smallest absolute Gasteiger partial charge is 0.212 e. The molecule has 0 N–H and O–H groups in total. The third-order valence-corrected chi connectivity index (χ3v) is 3.18. The van der Waals surface area contributed by atoms with Crippen molar-refractivity contribution in [3.05, 3.63) is 34.8 Å². The first-order valence-corrected chi connectivity index (χ1v) is 6.28. The van der Waals surface area contributed by atoms with Crippen LogP contribution < -0.4 is 4.74 Å². The van der Waals surface area contributed by atoms with E-state index in [4.69, 9.17) is 20.8 Å². The van der Waals surface area contributed by atoms with Gasteiger partial charge in [-0.2, -0.15) is 0 Å². The molecule has 2 rings (SSSR count). The minimum absolute atomic E-state index is 0.242. The summed E-state index contributed by atoms with van der Waals surface area (Å²) < 4.78 is 11.7. The molecular weight excluding hydrogens is 305 g/mol. The molecule has 5 heteroatoms. The lowest BCUT2D eigenvalue weighted by molar-refractivity contribution is 0.414. The summed E-state index contributed by atoms with van der Waals surface area (Å²) in [6.07, 6.45) is 1.66. The Balaban J connectivity index is 2.44. The van der Waals surface area contributed by atoms with Crippen molar-refractivity contribution in [1.82, 2.24) is 4.98 Å². The first kappa shape index (κ1) is 12.5. The number of aromatic nitrogens is 1. The van der Waals surface area contributed by atoms with Crippen molar-refractivity contribution in [1.29, 1.82) is 0 Å². The third kappa shape index (κ3) is 2.64. The van der Waals surface area contributed by atoms with Crippen LogP contribution in [0.3, 0.4) is 0 Å². The van der Waals surface area contributed by atoms with Gasteiger partial charge >= 0.3 is 0 Å². The number of methoxy groups -OCH3 is 1. The SMILES string of the molecule is COc1ccc(Br)c(-c2cnc(C(C)Cl)o2)c1. The van der Waals surface area contributed by atoms with Gasteiger partial charge in [0.2, 0.25) is 5.89 Å². The fourth-order valence-electron chi connectivity index (χ4n) is 1.42. The quantitative estimate of drug-likeness (QED) is 0.787. The number of nitrogens with zero attached hydrogens (tertiary/aromatic N) is 1. The number of ether oxygens (including phenoxy) is 1. The largest absolute Gasteiger partial charge is 0.497 e. The molecule has 0 aliphatic carbocycles. The van der Waals surface area contributed by atoms with Crippen LogP contribution in [0, 0.1) is 0 Å². The van der Waals surface area contributed by atoms with E-state index in [2.05, 4.69) is 20.9 Å². The highest BCUT2D eigenvalue weighted by Gasteiger charge is 2.13. The van der Waals surface area contributed by atoms with Crippen molar-refractivity contribution in [2.24, 2.45) is 0 Å². The summed E-state index contributed by atoms with van der Waals surface area (Å²) in [5, 5.41) is -0.242. The average Bonchev–Trinajstić information content (AvgIpc) is 2.79. The van der Waals surface area contributed by atoms with E-state index in [1.165, 1.54) is 0 Å². The van der Waals surface area contributed by atoms with Gasteiger partial charge in [0.15, 0.2) is 5.76 Å². The number of benzene rings is 1. The van der Waals surface area contributed by atoms with Gasteiger partial charge in [-0.3, -0.25) is 0 Å². The molecule has 0 spiro atoms. The van der Waals surface area contributed by atoms with E-state index < -0.39 is 0 Å². The fraction of sp³-hybridized carbons (Fsp3) is 0.250. The molecule has 1 unspecified atom stereocenters. The molecule has 0 fully saturated rings. The van der Waals surface area contributed by atoms with Crippen LogP contribution in [0.4, 0.5) is 0 Å². The molecule has 90 valence electrons. The molecule has 0 aliphatic heterocycles. The minimum atomic E-state index is -0.242. The molecule has 1 heterocycles. The molecule has 0 amide bonds. The maximum atomic E-state index is 5.91. The highest BCUT2D eigenvalue weighted by Crippen LogP contribution is 2.33. The summed E-state index contributed by atoms with van der Waals surface area (Å²) in [5.74, 6) is 1.94. The minimum Gasteiger partial charge on any atom is -0.497 e. The lowest BCUT2D eigenvalue weighted by Gasteiger charge is -2.04. The summed E-state index contributed by atoms with van der Waals surface area (Å²) in [5.41, 5.74) is 0.889. The van der Waals surface area contributed by atoms with Gasteiger partial charge in [0.25, 0.3) is 0 Å². The Kier molecular flexibility index (Phi) is 3.74. The van der Waals surface area contributed by atoms with Crippen LogP contribution in [0.25, 0.3) is 11.3 Å². The van der Waals surface area contributed by atoms with Gasteiger partial charge in [0, 0.05) is 10.0 Å². The molecule has 2 aromatic rings. The highest BCUT2D eigenvalue weighted by molar-refractivity contribution is 9.10. The molecule has 0 saturated carbocycles. The van der Waals surface area contributed by atoms with Crippen molar-refractivity contribution in [2.75, 3.05) is 7.11 Å². The zero-order chi connectivity index (χ0) is 12.4. The molecule has 0 aliphatic rings. The van der Waals surface area contributed by atoms with E-state index in [9.17, 15) is 0 Å². The summed E-state index contributed by atoms with van der Waals surface area (Å²) in [7, 11) is 1.62. The summed E-state index contributed by atoms with van der Waals surface area (Å²) >= 11 is 9.38.